The fourth-order valence-electron chi connectivity index (χ4n) is 1.59. The molecule has 2 aromatic rings. The number of rotatable bonds is 3. The average molecular weight is 293 g/mol. The molecule has 2 rings (SSSR count). The zero-order valence-electron chi connectivity index (χ0n) is 10.7. The molecule has 0 saturated carbocycles. The van der Waals surface area contributed by atoms with Gasteiger partial charge in [-0.05, 0) is 49.2 Å². The van der Waals surface area contributed by atoms with Gasteiger partial charge in [-0.2, -0.15) is 5.10 Å². The number of nitrogens with one attached hydrogen (secondary N) is 1. The molecule has 0 amide bonds. The lowest BCUT2D eigenvalue weighted by Gasteiger charge is -2.04. The molecule has 98 valence electrons. The van der Waals surface area contributed by atoms with Crippen LogP contribution in [-0.4, -0.2) is 6.21 Å². The molecule has 0 aromatic heterocycles. The Morgan fingerprint density at radius 3 is 2.47 bits per heavy atom. The molecule has 2 nitrogen and oxygen atoms in total. The van der Waals surface area contributed by atoms with Gasteiger partial charge < -0.3 is 0 Å². The van der Waals surface area contributed by atoms with Gasteiger partial charge >= 0.3 is 0 Å². The minimum atomic E-state index is 0.582. The zero-order chi connectivity index (χ0) is 13.8. The maximum Gasteiger partial charge on any atom is 0.0564 e. The highest BCUT2D eigenvalue weighted by molar-refractivity contribution is 6.36. The largest absolute Gasteiger partial charge is 0.278 e. The molecule has 0 aliphatic carbocycles. The summed E-state index contributed by atoms with van der Waals surface area (Å²) >= 11 is 11.9. The molecule has 0 aliphatic heterocycles. The number of halogens is 2. The Morgan fingerprint density at radius 2 is 1.79 bits per heavy atom. The average Bonchev–Trinajstić information content (AvgIpc) is 2.36. The van der Waals surface area contributed by atoms with Crippen molar-refractivity contribution in [3.63, 3.8) is 0 Å². The zero-order valence-corrected chi connectivity index (χ0v) is 12.3. The van der Waals surface area contributed by atoms with E-state index in [9.17, 15) is 0 Å². The summed E-state index contributed by atoms with van der Waals surface area (Å²) in [5.74, 6) is 0. The van der Waals surface area contributed by atoms with Gasteiger partial charge in [0.05, 0.1) is 16.9 Å². The SMILES string of the molecule is Cc1ccc(N/N=C/c2ccc(Cl)cc2Cl)cc1C. The summed E-state index contributed by atoms with van der Waals surface area (Å²) in [4.78, 5) is 0. The number of aryl methyl sites for hydroxylation is 2. The summed E-state index contributed by atoms with van der Waals surface area (Å²) in [5.41, 5.74) is 7.24. The summed E-state index contributed by atoms with van der Waals surface area (Å²) in [5, 5.41) is 5.37. The molecule has 0 radical (unpaired) electrons. The standard InChI is InChI=1S/C15H14Cl2N2/c1-10-3-6-14(7-11(10)2)19-18-9-12-4-5-13(16)8-15(12)17/h3-9,19H,1-2H3/b18-9+. The van der Waals surface area contributed by atoms with Gasteiger partial charge in [-0.3, -0.25) is 5.43 Å². The molecule has 0 heterocycles. The Labute approximate surface area is 123 Å². The lowest BCUT2D eigenvalue weighted by molar-refractivity contribution is 1.29. The fourth-order valence-corrected chi connectivity index (χ4v) is 2.05. The number of anilines is 1. The second-order valence-corrected chi connectivity index (χ2v) is 5.18. The molecule has 0 spiro atoms. The van der Waals surface area contributed by atoms with Crippen molar-refractivity contribution in [2.75, 3.05) is 5.43 Å². The van der Waals surface area contributed by atoms with Gasteiger partial charge in [0, 0.05) is 10.6 Å². The minimum absolute atomic E-state index is 0.582. The lowest BCUT2D eigenvalue weighted by Crippen LogP contribution is -1.92. The van der Waals surface area contributed by atoms with Gasteiger partial charge in [-0.15, -0.1) is 0 Å². The van der Waals surface area contributed by atoms with Gasteiger partial charge in [0.1, 0.15) is 0 Å². The Hall–Kier alpha value is -1.51. The van der Waals surface area contributed by atoms with Crippen molar-refractivity contribution in [3.8, 4) is 0 Å². The quantitative estimate of drug-likeness (QED) is 0.621. The third-order valence-corrected chi connectivity index (χ3v) is 3.43. The molecule has 0 fully saturated rings. The van der Waals surface area contributed by atoms with Crippen LogP contribution in [0.3, 0.4) is 0 Å². The first kappa shape index (κ1) is 13.9. The van der Waals surface area contributed by atoms with Crippen LogP contribution in [0.15, 0.2) is 41.5 Å². The summed E-state index contributed by atoms with van der Waals surface area (Å²) in [6.45, 7) is 4.15. The van der Waals surface area contributed by atoms with Crippen molar-refractivity contribution in [2.45, 2.75) is 13.8 Å². The van der Waals surface area contributed by atoms with Crippen molar-refractivity contribution >= 4 is 35.1 Å². The summed E-state index contributed by atoms with van der Waals surface area (Å²) in [6.07, 6.45) is 1.67. The summed E-state index contributed by atoms with van der Waals surface area (Å²) < 4.78 is 0. The van der Waals surface area contributed by atoms with Crippen LogP contribution in [-0.2, 0) is 0 Å². The van der Waals surface area contributed by atoms with E-state index >= 15 is 0 Å². The highest BCUT2D eigenvalue weighted by atomic mass is 35.5. The first-order chi connectivity index (χ1) is 9.06. The third-order valence-electron chi connectivity index (χ3n) is 2.87. The molecule has 0 atom stereocenters. The second kappa shape index (κ2) is 6.09. The van der Waals surface area contributed by atoms with Crippen molar-refractivity contribution < 1.29 is 0 Å². The Morgan fingerprint density at radius 1 is 1.00 bits per heavy atom. The second-order valence-electron chi connectivity index (χ2n) is 4.33. The van der Waals surface area contributed by atoms with Crippen LogP contribution in [0.2, 0.25) is 10.0 Å². The summed E-state index contributed by atoms with van der Waals surface area (Å²) in [6, 6.07) is 11.4. The lowest BCUT2D eigenvalue weighted by atomic mass is 10.1. The van der Waals surface area contributed by atoms with Gasteiger partial charge in [0.25, 0.3) is 0 Å². The van der Waals surface area contributed by atoms with E-state index < -0.39 is 0 Å². The number of hydrazone groups is 1. The van der Waals surface area contributed by atoms with Crippen LogP contribution < -0.4 is 5.43 Å². The Balaban J connectivity index is 2.09. The van der Waals surface area contributed by atoms with E-state index in [-0.39, 0.29) is 0 Å². The van der Waals surface area contributed by atoms with Crippen LogP contribution in [0.5, 0.6) is 0 Å². The van der Waals surface area contributed by atoms with Gasteiger partial charge in [0.2, 0.25) is 0 Å². The van der Waals surface area contributed by atoms with E-state index in [0.717, 1.165) is 11.3 Å². The fraction of sp³-hybridized carbons (Fsp3) is 0.133. The van der Waals surface area contributed by atoms with Gasteiger partial charge in [-0.25, -0.2) is 0 Å². The molecule has 0 saturated heterocycles. The Bertz CT molecular complexity index is 622. The van der Waals surface area contributed by atoms with Crippen LogP contribution in [0.4, 0.5) is 5.69 Å². The molecule has 1 N–H and O–H groups in total. The molecule has 0 unspecified atom stereocenters. The number of benzene rings is 2. The molecule has 19 heavy (non-hydrogen) atoms. The summed E-state index contributed by atoms with van der Waals surface area (Å²) in [7, 11) is 0. The monoisotopic (exact) mass is 292 g/mol. The van der Waals surface area contributed by atoms with E-state index in [1.807, 2.05) is 12.1 Å². The topological polar surface area (TPSA) is 24.4 Å². The van der Waals surface area contributed by atoms with Gasteiger partial charge in [0.15, 0.2) is 0 Å². The smallest absolute Gasteiger partial charge is 0.0564 e. The van der Waals surface area contributed by atoms with E-state index in [1.165, 1.54) is 11.1 Å². The first-order valence-electron chi connectivity index (χ1n) is 5.87. The van der Waals surface area contributed by atoms with Crippen molar-refractivity contribution in [1.82, 2.24) is 0 Å². The molecular weight excluding hydrogens is 279 g/mol. The van der Waals surface area contributed by atoms with E-state index in [4.69, 9.17) is 23.2 Å². The predicted octanol–water partition coefficient (Wildman–Crippen LogP) is 5.06. The van der Waals surface area contributed by atoms with Crippen LogP contribution >= 0.6 is 23.2 Å². The molecule has 4 heteroatoms. The number of hydrogen-bond acceptors (Lipinski definition) is 2. The number of hydrogen-bond donors (Lipinski definition) is 1. The normalized spacial score (nSPS) is 10.9. The molecule has 0 bridgehead atoms. The van der Waals surface area contributed by atoms with E-state index in [2.05, 4.69) is 36.5 Å². The van der Waals surface area contributed by atoms with Crippen molar-refractivity contribution in [3.05, 3.63) is 63.1 Å². The predicted molar refractivity (Wildman–Crippen MR) is 83.6 cm³/mol. The van der Waals surface area contributed by atoms with Crippen LogP contribution in [0.25, 0.3) is 0 Å². The van der Waals surface area contributed by atoms with E-state index in [1.54, 1.807) is 18.3 Å². The van der Waals surface area contributed by atoms with Crippen LogP contribution in [0.1, 0.15) is 16.7 Å². The molecule has 2 aromatic carbocycles. The highest BCUT2D eigenvalue weighted by Gasteiger charge is 1.98. The minimum Gasteiger partial charge on any atom is -0.278 e. The van der Waals surface area contributed by atoms with Crippen molar-refractivity contribution in [2.24, 2.45) is 5.10 Å². The van der Waals surface area contributed by atoms with E-state index in [0.29, 0.717) is 10.0 Å². The first-order valence-corrected chi connectivity index (χ1v) is 6.63. The molecule has 0 aliphatic rings. The third kappa shape index (κ3) is 3.72. The van der Waals surface area contributed by atoms with Gasteiger partial charge in [-0.1, -0.05) is 35.3 Å². The number of nitrogens with zero attached hydrogens (tertiary/aromatic N) is 1. The maximum atomic E-state index is 6.05. The maximum absolute atomic E-state index is 6.05. The highest BCUT2D eigenvalue weighted by Crippen LogP contribution is 2.19. The Kier molecular flexibility index (Phi) is 4.46. The molecular formula is C15H14Cl2N2. The van der Waals surface area contributed by atoms with Crippen LogP contribution in [0, 0.1) is 13.8 Å². The van der Waals surface area contributed by atoms with Crippen molar-refractivity contribution in [1.29, 1.82) is 0 Å².